The van der Waals surface area contributed by atoms with Gasteiger partial charge in [-0.3, -0.25) is 9.59 Å². The van der Waals surface area contributed by atoms with Gasteiger partial charge in [-0.15, -0.1) is 0 Å². The molecule has 0 heterocycles. The summed E-state index contributed by atoms with van der Waals surface area (Å²) >= 11 is 0. The van der Waals surface area contributed by atoms with Gasteiger partial charge < -0.3 is 19.9 Å². The molecule has 2 rings (SSSR count). The Kier molecular flexibility index (Phi) is 4.35. The molecule has 0 bridgehead atoms. The number of ether oxygens (including phenoxy) is 2. The minimum Gasteiger partial charge on any atom is -0.497 e. The number of nitrogens with one attached hydrogen (secondary N) is 1. The molecule has 1 saturated carbocycles. The summed E-state index contributed by atoms with van der Waals surface area (Å²) in [7, 11) is 3.02. The number of benzene rings is 1. The van der Waals surface area contributed by atoms with Crippen LogP contribution in [-0.2, 0) is 4.79 Å². The number of carboxylic acid groups (broad SMARTS) is 1. The zero-order valence-electron chi connectivity index (χ0n) is 12.1. The fourth-order valence-electron chi connectivity index (χ4n) is 2.49. The maximum atomic E-state index is 12.4. The Hall–Kier alpha value is -2.24. The summed E-state index contributed by atoms with van der Waals surface area (Å²) in [5.41, 5.74) is -0.234. The fraction of sp³-hybridized carbons (Fsp3) is 0.467. The van der Waals surface area contributed by atoms with E-state index >= 15 is 0 Å². The first-order chi connectivity index (χ1) is 9.98. The van der Waals surface area contributed by atoms with Gasteiger partial charge in [0.1, 0.15) is 11.5 Å². The number of rotatable bonds is 6. The molecule has 1 amide bonds. The van der Waals surface area contributed by atoms with Crippen molar-refractivity contribution in [2.45, 2.75) is 31.2 Å². The van der Waals surface area contributed by atoms with Crippen LogP contribution in [-0.4, -0.2) is 36.7 Å². The number of carbonyl (C=O) groups excluding carboxylic acids is 1. The van der Waals surface area contributed by atoms with Crippen LogP contribution in [0.25, 0.3) is 0 Å². The molecule has 0 aliphatic heterocycles. The topological polar surface area (TPSA) is 84.9 Å². The summed E-state index contributed by atoms with van der Waals surface area (Å²) in [6, 6.07) is 4.88. The third-order valence-electron chi connectivity index (χ3n) is 3.79. The molecule has 114 valence electrons. The molecule has 21 heavy (non-hydrogen) atoms. The lowest BCUT2D eigenvalue weighted by molar-refractivity contribution is -0.139. The molecule has 6 heteroatoms. The zero-order valence-corrected chi connectivity index (χ0v) is 12.1. The highest BCUT2D eigenvalue weighted by molar-refractivity contribution is 5.96. The SMILES string of the molecule is COc1cc(OC)cc(C(=O)NC2(CC(=O)O)CCC2)c1. The van der Waals surface area contributed by atoms with E-state index < -0.39 is 11.5 Å². The summed E-state index contributed by atoms with van der Waals surface area (Å²) in [6.45, 7) is 0. The predicted octanol–water partition coefficient (Wildman–Crippen LogP) is 1.83. The Morgan fingerprint density at radius 2 is 1.76 bits per heavy atom. The summed E-state index contributed by atoms with van der Waals surface area (Å²) in [5, 5.41) is 11.8. The first-order valence-corrected chi connectivity index (χ1v) is 6.75. The number of amides is 1. The molecule has 6 nitrogen and oxygen atoms in total. The molecule has 1 aliphatic carbocycles. The molecule has 1 fully saturated rings. The average molecular weight is 293 g/mol. The largest absolute Gasteiger partial charge is 0.497 e. The van der Waals surface area contributed by atoms with Gasteiger partial charge in [-0.1, -0.05) is 0 Å². The van der Waals surface area contributed by atoms with Gasteiger partial charge in [-0.25, -0.2) is 0 Å². The smallest absolute Gasteiger partial charge is 0.305 e. The van der Waals surface area contributed by atoms with Crippen LogP contribution < -0.4 is 14.8 Å². The van der Waals surface area contributed by atoms with E-state index in [9.17, 15) is 9.59 Å². The minimum atomic E-state index is -0.904. The van der Waals surface area contributed by atoms with Gasteiger partial charge in [0.15, 0.2) is 0 Å². The van der Waals surface area contributed by atoms with Gasteiger partial charge in [-0.2, -0.15) is 0 Å². The highest BCUT2D eigenvalue weighted by Crippen LogP contribution is 2.35. The van der Waals surface area contributed by atoms with Crippen molar-refractivity contribution in [3.8, 4) is 11.5 Å². The standard InChI is InChI=1S/C15H19NO5/c1-20-11-6-10(7-12(8-11)21-2)14(19)16-15(4-3-5-15)9-13(17)18/h6-8H,3-5,9H2,1-2H3,(H,16,19)(H,17,18). The Balaban J connectivity index is 2.17. The minimum absolute atomic E-state index is 0.0557. The molecule has 0 atom stereocenters. The molecular weight excluding hydrogens is 274 g/mol. The van der Waals surface area contributed by atoms with Crippen molar-refractivity contribution in [3.63, 3.8) is 0 Å². The van der Waals surface area contributed by atoms with Gasteiger partial charge in [0, 0.05) is 11.6 Å². The number of hydrogen-bond donors (Lipinski definition) is 2. The molecule has 1 aliphatic rings. The van der Waals surface area contributed by atoms with Crippen molar-refractivity contribution in [1.29, 1.82) is 0 Å². The molecule has 0 spiro atoms. The van der Waals surface area contributed by atoms with Gasteiger partial charge in [0.05, 0.1) is 26.2 Å². The Labute approximate surface area is 123 Å². The molecule has 0 unspecified atom stereocenters. The molecule has 1 aromatic carbocycles. The van der Waals surface area contributed by atoms with Crippen LogP contribution in [0.5, 0.6) is 11.5 Å². The van der Waals surface area contributed by atoms with Gasteiger partial charge in [0.2, 0.25) is 0 Å². The normalized spacial score (nSPS) is 15.7. The first kappa shape index (κ1) is 15.2. The van der Waals surface area contributed by atoms with E-state index in [1.807, 2.05) is 0 Å². The monoisotopic (exact) mass is 293 g/mol. The maximum absolute atomic E-state index is 12.4. The Bertz CT molecular complexity index is 529. The third-order valence-corrected chi connectivity index (χ3v) is 3.79. The number of carboxylic acids is 1. The van der Waals surface area contributed by atoms with Crippen molar-refractivity contribution in [3.05, 3.63) is 23.8 Å². The maximum Gasteiger partial charge on any atom is 0.305 e. The van der Waals surface area contributed by atoms with E-state index in [1.165, 1.54) is 14.2 Å². The average Bonchev–Trinajstić information content (AvgIpc) is 2.43. The van der Waals surface area contributed by atoms with Crippen molar-refractivity contribution in [2.24, 2.45) is 0 Å². The first-order valence-electron chi connectivity index (χ1n) is 6.75. The zero-order chi connectivity index (χ0) is 15.5. The van der Waals surface area contributed by atoms with Crippen LogP contribution in [0.1, 0.15) is 36.0 Å². The number of hydrogen-bond acceptors (Lipinski definition) is 4. The van der Waals surface area contributed by atoms with E-state index in [4.69, 9.17) is 14.6 Å². The number of carbonyl (C=O) groups is 2. The predicted molar refractivity (Wildman–Crippen MR) is 75.8 cm³/mol. The van der Waals surface area contributed by atoms with E-state index in [-0.39, 0.29) is 12.3 Å². The van der Waals surface area contributed by atoms with Crippen molar-refractivity contribution < 1.29 is 24.2 Å². The highest BCUT2D eigenvalue weighted by Gasteiger charge is 2.40. The molecule has 1 aromatic rings. The second-order valence-corrected chi connectivity index (χ2v) is 5.26. The van der Waals surface area contributed by atoms with Crippen LogP contribution in [0, 0.1) is 0 Å². The van der Waals surface area contributed by atoms with Gasteiger partial charge >= 0.3 is 5.97 Å². The van der Waals surface area contributed by atoms with Crippen LogP contribution in [0.3, 0.4) is 0 Å². The summed E-state index contributed by atoms with van der Waals surface area (Å²) in [6.07, 6.45) is 2.24. The third kappa shape index (κ3) is 3.45. The van der Waals surface area contributed by atoms with E-state index in [2.05, 4.69) is 5.32 Å². The van der Waals surface area contributed by atoms with E-state index in [0.29, 0.717) is 29.9 Å². The van der Waals surface area contributed by atoms with Crippen LogP contribution in [0.15, 0.2) is 18.2 Å². The second kappa shape index (κ2) is 6.03. The van der Waals surface area contributed by atoms with Crippen LogP contribution >= 0.6 is 0 Å². The molecule has 2 N–H and O–H groups in total. The Morgan fingerprint density at radius 1 is 1.19 bits per heavy atom. The van der Waals surface area contributed by atoms with E-state index in [0.717, 1.165) is 6.42 Å². The molecular formula is C15H19NO5. The lowest BCUT2D eigenvalue weighted by Crippen LogP contribution is -2.54. The second-order valence-electron chi connectivity index (χ2n) is 5.26. The lowest BCUT2D eigenvalue weighted by atomic mass is 9.74. The van der Waals surface area contributed by atoms with Gasteiger partial charge in [0.25, 0.3) is 5.91 Å². The molecule has 0 saturated heterocycles. The fourth-order valence-corrected chi connectivity index (χ4v) is 2.49. The summed E-state index contributed by atoms with van der Waals surface area (Å²) < 4.78 is 10.3. The quantitative estimate of drug-likeness (QED) is 0.836. The van der Waals surface area contributed by atoms with Crippen LogP contribution in [0.4, 0.5) is 0 Å². The van der Waals surface area contributed by atoms with Crippen molar-refractivity contribution >= 4 is 11.9 Å². The Morgan fingerprint density at radius 3 is 2.14 bits per heavy atom. The summed E-state index contributed by atoms with van der Waals surface area (Å²) in [4.78, 5) is 23.3. The number of aliphatic carboxylic acids is 1. The number of methoxy groups -OCH3 is 2. The van der Waals surface area contributed by atoms with Crippen molar-refractivity contribution in [1.82, 2.24) is 5.32 Å². The molecule has 0 aromatic heterocycles. The van der Waals surface area contributed by atoms with Gasteiger partial charge in [-0.05, 0) is 31.4 Å². The lowest BCUT2D eigenvalue weighted by Gasteiger charge is -2.41. The van der Waals surface area contributed by atoms with E-state index in [1.54, 1.807) is 18.2 Å². The van der Waals surface area contributed by atoms with Crippen molar-refractivity contribution in [2.75, 3.05) is 14.2 Å². The van der Waals surface area contributed by atoms with Crippen LogP contribution in [0.2, 0.25) is 0 Å². The summed E-state index contributed by atoms with van der Waals surface area (Å²) in [5.74, 6) is -0.188. The highest BCUT2D eigenvalue weighted by atomic mass is 16.5. The molecule has 0 radical (unpaired) electrons.